The second kappa shape index (κ2) is 7.66. The second-order valence-electron chi connectivity index (χ2n) is 5.85. The van der Waals surface area contributed by atoms with Gasteiger partial charge in [-0.25, -0.2) is 0 Å². The Labute approximate surface area is 151 Å². The highest BCUT2D eigenvalue weighted by Gasteiger charge is 2.19. The highest BCUT2D eigenvalue weighted by molar-refractivity contribution is 6.30. The van der Waals surface area contributed by atoms with Gasteiger partial charge in [0, 0.05) is 5.02 Å². The van der Waals surface area contributed by atoms with Gasteiger partial charge in [-0.05, 0) is 49.7 Å². The highest BCUT2D eigenvalue weighted by Crippen LogP contribution is 2.32. The molecule has 2 aromatic carbocycles. The summed E-state index contributed by atoms with van der Waals surface area (Å²) in [5.74, 6) is 1.78. The summed E-state index contributed by atoms with van der Waals surface area (Å²) >= 11 is 5.93. The number of halogens is 1. The molecule has 0 unspecified atom stereocenters. The molecule has 0 saturated heterocycles. The van der Waals surface area contributed by atoms with Crippen molar-refractivity contribution in [1.82, 2.24) is 5.32 Å². The minimum atomic E-state index is -0.641. The number of hydrogen-bond donors (Lipinski definition) is 1. The Morgan fingerprint density at radius 1 is 1.12 bits per heavy atom. The zero-order chi connectivity index (χ0) is 17.8. The van der Waals surface area contributed by atoms with Crippen LogP contribution in [-0.2, 0) is 4.79 Å². The molecule has 0 fully saturated rings. The zero-order valence-electron chi connectivity index (χ0n) is 14.1. The van der Waals surface area contributed by atoms with E-state index in [4.69, 9.17) is 25.8 Å². The molecule has 0 saturated carbocycles. The summed E-state index contributed by atoms with van der Waals surface area (Å²) in [4.78, 5) is 12.4. The van der Waals surface area contributed by atoms with E-state index in [1.54, 1.807) is 31.2 Å². The molecule has 0 spiro atoms. The molecular weight excluding hydrogens is 342 g/mol. The molecule has 1 amide bonds. The van der Waals surface area contributed by atoms with Crippen molar-refractivity contribution < 1.29 is 19.0 Å². The average molecular weight is 362 g/mol. The minimum Gasteiger partial charge on any atom is -0.486 e. The van der Waals surface area contributed by atoms with Crippen molar-refractivity contribution in [3.05, 3.63) is 53.1 Å². The second-order valence-corrected chi connectivity index (χ2v) is 6.29. The molecule has 1 heterocycles. The normalized spacial score (nSPS) is 15.2. The lowest BCUT2D eigenvalue weighted by molar-refractivity contribution is -0.127. The lowest BCUT2D eigenvalue weighted by Crippen LogP contribution is -2.37. The van der Waals surface area contributed by atoms with Crippen LogP contribution in [0.15, 0.2) is 42.5 Å². The van der Waals surface area contributed by atoms with Gasteiger partial charge in [0.25, 0.3) is 5.91 Å². The number of hydrogen-bond acceptors (Lipinski definition) is 4. The molecule has 6 heteroatoms. The molecule has 3 rings (SSSR count). The standard InChI is InChI=1S/C19H20ClNO4/c1-12(14-6-7-17-18(10-14)24-9-8-23-17)21-19(22)13(2)25-16-5-3-4-15(20)11-16/h3-7,10-13H,8-9H2,1-2H3,(H,21,22)/t12-,13-/m0/s1. The van der Waals surface area contributed by atoms with E-state index in [1.165, 1.54) is 0 Å². The molecule has 5 nitrogen and oxygen atoms in total. The maximum absolute atomic E-state index is 12.4. The van der Waals surface area contributed by atoms with Crippen LogP contribution >= 0.6 is 11.6 Å². The van der Waals surface area contributed by atoms with E-state index < -0.39 is 6.10 Å². The van der Waals surface area contributed by atoms with Gasteiger partial charge in [0.05, 0.1) is 6.04 Å². The van der Waals surface area contributed by atoms with Crippen LogP contribution in [0.3, 0.4) is 0 Å². The van der Waals surface area contributed by atoms with E-state index in [0.29, 0.717) is 29.7 Å². The minimum absolute atomic E-state index is 0.186. The molecule has 2 atom stereocenters. The van der Waals surface area contributed by atoms with Gasteiger partial charge in [0.1, 0.15) is 19.0 Å². The monoisotopic (exact) mass is 361 g/mol. The van der Waals surface area contributed by atoms with Crippen LogP contribution in [0.25, 0.3) is 0 Å². The molecule has 2 aromatic rings. The van der Waals surface area contributed by atoms with Crippen molar-refractivity contribution in [2.75, 3.05) is 13.2 Å². The fourth-order valence-electron chi connectivity index (χ4n) is 2.54. The lowest BCUT2D eigenvalue weighted by Gasteiger charge is -2.22. The first-order valence-electron chi connectivity index (χ1n) is 8.15. The summed E-state index contributed by atoms with van der Waals surface area (Å²) in [6, 6.07) is 12.5. The number of fused-ring (bicyclic) bond motifs is 1. The number of nitrogens with one attached hydrogen (secondary N) is 1. The number of benzene rings is 2. The quantitative estimate of drug-likeness (QED) is 0.881. The molecule has 1 aliphatic heterocycles. The van der Waals surface area contributed by atoms with Gasteiger partial charge in [-0.3, -0.25) is 4.79 Å². The van der Waals surface area contributed by atoms with Crippen molar-refractivity contribution in [3.63, 3.8) is 0 Å². The molecule has 0 bridgehead atoms. The molecular formula is C19H20ClNO4. The highest BCUT2D eigenvalue weighted by atomic mass is 35.5. The van der Waals surface area contributed by atoms with Gasteiger partial charge < -0.3 is 19.5 Å². The SMILES string of the molecule is C[C@H](Oc1cccc(Cl)c1)C(=O)N[C@@H](C)c1ccc2c(c1)OCCO2. The molecule has 0 radical (unpaired) electrons. The average Bonchev–Trinajstić information content (AvgIpc) is 2.61. The van der Waals surface area contributed by atoms with Gasteiger partial charge >= 0.3 is 0 Å². The summed E-state index contributed by atoms with van der Waals surface area (Å²) in [7, 11) is 0. The van der Waals surface area contributed by atoms with Crippen LogP contribution in [-0.4, -0.2) is 25.2 Å². The summed E-state index contributed by atoms with van der Waals surface area (Å²) in [6.07, 6.45) is -0.641. The Kier molecular flexibility index (Phi) is 5.34. The first kappa shape index (κ1) is 17.4. The van der Waals surface area contributed by atoms with E-state index in [9.17, 15) is 4.79 Å². The van der Waals surface area contributed by atoms with Gasteiger partial charge in [0.15, 0.2) is 17.6 Å². The van der Waals surface area contributed by atoms with E-state index in [0.717, 1.165) is 11.3 Å². The van der Waals surface area contributed by atoms with E-state index in [-0.39, 0.29) is 11.9 Å². The van der Waals surface area contributed by atoms with Gasteiger partial charge in [0.2, 0.25) is 0 Å². The Bertz CT molecular complexity index is 765. The van der Waals surface area contributed by atoms with Gasteiger partial charge in [-0.1, -0.05) is 23.7 Å². The predicted molar refractivity (Wildman–Crippen MR) is 95.5 cm³/mol. The van der Waals surface area contributed by atoms with Crippen molar-refractivity contribution in [1.29, 1.82) is 0 Å². The number of carbonyl (C=O) groups excluding carboxylic acids is 1. The number of rotatable bonds is 5. The molecule has 0 aliphatic carbocycles. The number of amides is 1. The summed E-state index contributed by atoms with van der Waals surface area (Å²) < 4.78 is 16.7. The maximum atomic E-state index is 12.4. The fourth-order valence-corrected chi connectivity index (χ4v) is 2.72. The van der Waals surface area contributed by atoms with Crippen LogP contribution in [0.5, 0.6) is 17.2 Å². The van der Waals surface area contributed by atoms with Crippen molar-refractivity contribution in [2.45, 2.75) is 26.0 Å². The van der Waals surface area contributed by atoms with Crippen molar-refractivity contribution in [2.24, 2.45) is 0 Å². The zero-order valence-corrected chi connectivity index (χ0v) is 14.9. The van der Waals surface area contributed by atoms with E-state index in [1.807, 2.05) is 25.1 Å². The Morgan fingerprint density at radius 3 is 2.64 bits per heavy atom. The summed E-state index contributed by atoms with van der Waals surface area (Å²) in [6.45, 7) is 4.70. The molecule has 0 aromatic heterocycles. The molecule has 25 heavy (non-hydrogen) atoms. The third-order valence-corrected chi connectivity index (χ3v) is 4.14. The summed E-state index contributed by atoms with van der Waals surface area (Å²) in [5.41, 5.74) is 0.938. The third-order valence-electron chi connectivity index (χ3n) is 3.90. The third kappa shape index (κ3) is 4.37. The van der Waals surface area contributed by atoms with Crippen LogP contribution in [0.1, 0.15) is 25.5 Å². The molecule has 1 N–H and O–H groups in total. The maximum Gasteiger partial charge on any atom is 0.261 e. The first-order chi connectivity index (χ1) is 12.0. The molecule has 132 valence electrons. The smallest absolute Gasteiger partial charge is 0.261 e. The van der Waals surface area contributed by atoms with Gasteiger partial charge in [-0.2, -0.15) is 0 Å². The number of ether oxygens (including phenoxy) is 3. The van der Waals surface area contributed by atoms with Crippen LogP contribution in [0, 0.1) is 0 Å². The summed E-state index contributed by atoms with van der Waals surface area (Å²) in [5, 5.41) is 3.51. The Balaban J connectivity index is 1.61. The largest absolute Gasteiger partial charge is 0.486 e. The van der Waals surface area contributed by atoms with Crippen molar-refractivity contribution >= 4 is 17.5 Å². The molecule has 1 aliphatic rings. The van der Waals surface area contributed by atoms with Crippen LogP contribution in [0.4, 0.5) is 0 Å². The fraction of sp³-hybridized carbons (Fsp3) is 0.316. The Morgan fingerprint density at radius 2 is 1.88 bits per heavy atom. The Hall–Kier alpha value is -2.40. The van der Waals surface area contributed by atoms with Crippen molar-refractivity contribution in [3.8, 4) is 17.2 Å². The van der Waals surface area contributed by atoms with Crippen LogP contribution < -0.4 is 19.5 Å². The van der Waals surface area contributed by atoms with Crippen LogP contribution in [0.2, 0.25) is 5.02 Å². The number of carbonyl (C=O) groups is 1. The van der Waals surface area contributed by atoms with E-state index in [2.05, 4.69) is 5.32 Å². The lowest BCUT2D eigenvalue weighted by atomic mass is 10.1. The predicted octanol–water partition coefficient (Wildman–Crippen LogP) is 3.76. The first-order valence-corrected chi connectivity index (χ1v) is 8.53. The topological polar surface area (TPSA) is 56.8 Å². The van der Waals surface area contributed by atoms with E-state index >= 15 is 0 Å². The van der Waals surface area contributed by atoms with Gasteiger partial charge in [-0.15, -0.1) is 0 Å².